The highest BCUT2D eigenvalue weighted by atomic mass is 19.4. The molecule has 2 heterocycles. The Balaban J connectivity index is 1.70. The van der Waals surface area contributed by atoms with Crippen LogP contribution in [-0.2, 0) is 15.1 Å². The van der Waals surface area contributed by atoms with Crippen LogP contribution in [0.5, 0.6) is 0 Å². The summed E-state index contributed by atoms with van der Waals surface area (Å²) in [5, 5.41) is 0. The minimum absolute atomic E-state index is 0.0902. The molecule has 7 heteroatoms. The summed E-state index contributed by atoms with van der Waals surface area (Å²) in [7, 11) is 0. The molecular weight excluding hydrogens is 297 g/mol. The summed E-state index contributed by atoms with van der Waals surface area (Å²) in [4.78, 5) is 14.3. The molecule has 22 heavy (non-hydrogen) atoms. The maximum atomic E-state index is 12.5. The molecule has 3 rings (SSSR count). The van der Waals surface area contributed by atoms with Crippen molar-refractivity contribution in [2.75, 3.05) is 39.4 Å². The van der Waals surface area contributed by atoms with Gasteiger partial charge in [0, 0.05) is 26.2 Å². The molecule has 0 unspecified atom stereocenters. The molecular formula is C15H17F3N2O2. The van der Waals surface area contributed by atoms with Gasteiger partial charge in [-0.05, 0) is 5.56 Å². The minimum atomic E-state index is -4.79. The lowest BCUT2D eigenvalue weighted by Crippen LogP contribution is -2.65. The van der Waals surface area contributed by atoms with Gasteiger partial charge in [-0.25, -0.2) is 0 Å². The summed E-state index contributed by atoms with van der Waals surface area (Å²) >= 11 is 0. The Kier molecular flexibility index (Phi) is 3.86. The molecule has 0 spiro atoms. The number of hydrogen-bond acceptors (Lipinski definition) is 3. The Morgan fingerprint density at radius 1 is 1.05 bits per heavy atom. The third-order valence-electron chi connectivity index (χ3n) is 4.41. The Morgan fingerprint density at radius 3 is 2.09 bits per heavy atom. The predicted molar refractivity (Wildman–Crippen MR) is 73.1 cm³/mol. The maximum absolute atomic E-state index is 12.5. The van der Waals surface area contributed by atoms with Gasteiger partial charge in [-0.15, -0.1) is 0 Å². The predicted octanol–water partition coefficient (Wildman–Crippen LogP) is 1.62. The molecule has 0 radical (unpaired) electrons. The molecule has 1 aromatic carbocycles. The summed E-state index contributed by atoms with van der Waals surface area (Å²) in [6.07, 6.45) is -4.79. The quantitative estimate of drug-likeness (QED) is 0.832. The van der Waals surface area contributed by atoms with Crippen LogP contribution in [0.3, 0.4) is 0 Å². The number of rotatable bonds is 2. The molecule has 2 aliphatic heterocycles. The topological polar surface area (TPSA) is 32.8 Å². The summed E-state index contributed by atoms with van der Waals surface area (Å²) in [6.45, 7) is 2.08. The number of carbonyl (C=O) groups excluding carboxylic acids is 1. The molecule has 0 atom stereocenters. The van der Waals surface area contributed by atoms with Crippen LogP contribution in [0, 0.1) is 0 Å². The standard InChI is InChI=1S/C15H17F3N2O2/c16-15(17,18)13(21)19-6-8-20(9-7-19)14(10-22-11-14)12-4-2-1-3-5-12/h1-5H,6-11H2. The van der Waals surface area contributed by atoms with Gasteiger partial charge in [0.15, 0.2) is 0 Å². The summed E-state index contributed by atoms with van der Waals surface area (Å²) < 4.78 is 42.8. The Morgan fingerprint density at radius 2 is 1.64 bits per heavy atom. The van der Waals surface area contributed by atoms with Crippen molar-refractivity contribution >= 4 is 5.91 Å². The van der Waals surface area contributed by atoms with Crippen molar-refractivity contribution in [3.8, 4) is 0 Å². The van der Waals surface area contributed by atoms with Crippen LogP contribution in [0.25, 0.3) is 0 Å². The van der Waals surface area contributed by atoms with Crippen LogP contribution in [0.4, 0.5) is 13.2 Å². The van der Waals surface area contributed by atoms with Crippen LogP contribution in [-0.4, -0.2) is 61.3 Å². The third kappa shape index (κ3) is 2.59. The number of halogens is 3. The first-order valence-electron chi connectivity index (χ1n) is 7.18. The summed E-state index contributed by atoms with van der Waals surface area (Å²) in [5.41, 5.74) is 0.839. The van der Waals surface area contributed by atoms with E-state index < -0.39 is 12.1 Å². The summed E-state index contributed by atoms with van der Waals surface area (Å²) in [5.74, 6) is -1.74. The van der Waals surface area contributed by atoms with Crippen LogP contribution in [0.2, 0.25) is 0 Å². The van der Waals surface area contributed by atoms with Crippen molar-refractivity contribution in [3.63, 3.8) is 0 Å². The number of ether oxygens (including phenoxy) is 1. The van der Waals surface area contributed by atoms with Gasteiger partial charge in [-0.1, -0.05) is 30.3 Å². The minimum Gasteiger partial charge on any atom is -0.377 e. The van der Waals surface area contributed by atoms with Gasteiger partial charge >= 0.3 is 12.1 Å². The molecule has 0 aliphatic carbocycles. The fraction of sp³-hybridized carbons (Fsp3) is 0.533. The van der Waals surface area contributed by atoms with Gasteiger partial charge in [-0.2, -0.15) is 13.2 Å². The second kappa shape index (κ2) is 5.55. The average molecular weight is 314 g/mol. The highest BCUT2D eigenvalue weighted by Crippen LogP contribution is 2.36. The van der Waals surface area contributed by atoms with Crippen molar-refractivity contribution in [2.45, 2.75) is 11.7 Å². The zero-order valence-electron chi connectivity index (χ0n) is 12.0. The van der Waals surface area contributed by atoms with Crippen molar-refractivity contribution in [2.24, 2.45) is 0 Å². The van der Waals surface area contributed by atoms with Crippen LogP contribution < -0.4 is 0 Å². The molecule has 0 saturated carbocycles. The molecule has 4 nitrogen and oxygen atoms in total. The zero-order valence-corrected chi connectivity index (χ0v) is 12.0. The number of carbonyl (C=O) groups is 1. The lowest BCUT2D eigenvalue weighted by Gasteiger charge is -2.52. The van der Waals surface area contributed by atoms with Gasteiger partial charge in [0.25, 0.3) is 0 Å². The van der Waals surface area contributed by atoms with Crippen LogP contribution >= 0.6 is 0 Å². The maximum Gasteiger partial charge on any atom is 0.471 e. The molecule has 2 saturated heterocycles. The molecule has 0 N–H and O–H groups in total. The van der Waals surface area contributed by atoms with E-state index in [1.807, 2.05) is 30.3 Å². The molecule has 0 aromatic heterocycles. The fourth-order valence-corrected chi connectivity index (χ4v) is 3.09. The van der Waals surface area contributed by atoms with Crippen molar-refractivity contribution in [3.05, 3.63) is 35.9 Å². The Labute approximate surface area is 126 Å². The smallest absolute Gasteiger partial charge is 0.377 e. The van der Waals surface area contributed by atoms with Gasteiger partial charge in [0.05, 0.1) is 18.8 Å². The van der Waals surface area contributed by atoms with E-state index >= 15 is 0 Å². The molecule has 2 aliphatic rings. The largest absolute Gasteiger partial charge is 0.471 e. The Hall–Kier alpha value is -1.60. The van der Waals surface area contributed by atoms with E-state index in [4.69, 9.17) is 4.74 Å². The number of piperazine rings is 1. The first-order chi connectivity index (χ1) is 10.4. The molecule has 1 amide bonds. The first-order valence-corrected chi connectivity index (χ1v) is 7.18. The van der Waals surface area contributed by atoms with E-state index in [0.717, 1.165) is 10.5 Å². The number of benzene rings is 1. The van der Waals surface area contributed by atoms with Gasteiger partial charge in [0.1, 0.15) is 0 Å². The van der Waals surface area contributed by atoms with Crippen molar-refractivity contribution in [1.82, 2.24) is 9.80 Å². The van der Waals surface area contributed by atoms with Gasteiger partial charge in [-0.3, -0.25) is 9.69 Å². The number of hydrogen-bond donors (Lipinski definition) is 0. The van der Waals surface area contributed by atoms with Crippen LogP contribution in [0.1, 0.15) is 5.56 Å². The van der Waals surface area contributed by atoms with Gasteiger partial charge < -0.3 is 9.64 Å². The lowest BCUT2D eigenvalue weighted by atomic mass is 9.85. The zero-order chi connectivity index (χ0) is 15.8. The van der Waals surface area contributed by atoms with E-state index in [2.05, 4.69) is 4.90 Å². The highest BCUT2D eigenvalue weighted by Gasteiger charge is 2.48. The highest BCUT2D eigenvalue weighted by molar-refractivity contribution is 5.81. The van der Waals surface area contributed by atoms with Gasteiger partial charge in [0.2, 0.25) is 0 Å². The number of nitrogens with zero attached hydrogens (tertiary/aromatic N) is 2. The second-order valence-electron chi connectivity index (χ2n) is 5.67. The Bertz CT molecular complexity index is 535. The van der Waals surface area contributed by atoms with Crippen molar-refractivity contribution in [1.29, 1.82) is 0 Å². The van der Waals surface area contributed by atoms with Crippen molar-refractivity contribution < 1.29 is 22.7 Å². The second-order valence-corrected chi connectivity index (χ2v) is 5.67. The molecule has 120 valence electrons. The van der Waals surface area contributed by atoms with E-state index in [0.29, 0.717) is 26.3 Å². The average Bonchev–Trinajstić information content (AvgIpc) is 2.46. The SMILES string of the molecule is O=C(N1CCN(C2(c3ccccc3)COC2)CC1)C(F)(F)F. The normalized spacial score (nSPS) is 22.2. The molecule has 2 fully saturated rings. The molecule has 0 bridgehead atoms. The van der Waals surface area contributed by atoms with E-state index in [1.54, 1.807) is 0 Å². The van der Waals surface area contributed by atoms with Crippen LogP contribution in [0.15, 0.2) is 30.3 Å². The monoisotopic (exact) mass is 314 g/mol. The lowest BCUT2D eigenvalue weighted by molar-refractivity contribution is -0.192. The first kappa shape index (κ1) is 15.3. The molecule has 1 aromatic rings. The van der Waals surface area contributed by atoms with E-state index in [-0.39, 0.29) is 18.6 Å². The van der Waals surface area contributed by atoms with E-state index in [1.165, 1.54) is 0 Å². The third-order valence-corrected chi connectivity index (χ3v) is 4.41. The van der Waals surface area contributed by atoms with E-state index in [9.17, 15) is 18.0 Å². The fourth-order valence-electron chi connectivity index (χ4n) is 3.09. The number of amides is 1. The number of alkyl halides is 3. The summed E-state index contributed by atoms with van der Waals surface area (Å²) in [6, 6.07) is 9.83.